The standard InChI is InChI=1S/C14H22N2O3S/c1-11(12-7-9-15-10-8-12)16-20(17,18)14-5-3-13(19-2)4-6-14/h3-6,11-12,15-16H,7-10H2,1-2H3. The van der Waals surface area contributed by atoms with Crippen LogP contribution in [0.5, 0.6) is 5.75 Å². The van der Waals surface area contributed by atoms with Crippen LogP contribution in [0, 0.1) is 5.92 Å². The molecule has 5 nitrogen and oxygen atoms in total. The fraction of sp³-hybridized carbons (Fsp3) is 0.571. The monoisotopic (exact) mass is 298 g/mol. The summed E-state index contributed by atoms with van der Waals surface area (Å²) in [6.45, 7) is 3.86. The predicted molar refractivity (Wildman–Crippen MR) is 78.4 cm³/mol. The summed E-state index contributed by atoms with van der Waals surface area (Å²) in [6.07, 6.45) is 2.01. The van der Waals surface area contributed by atoms with Gasteiger partial charge in [-0.05, 0) is 63.0 Å². The largest absolute Gasteiger partial charge is 0.497 e. The van der Waals surface area contributed by atoms with Gasteiger partial charge in [0.1, 0.15) is 5.75 Å². The van der Waals surface area contributed by atoms with Crippen LogP contribution < -0.4 is 14.8 Å². The molecule has 20 heavy (non-hydrogen) atoms. The number of benzene rings is 1. The van der Waals surface area contributed by atoms with Crippen molar-refractivity contribution in [1.82, 2.24) is 10.0 Å². The van der Waals surface area contributed by atoms with Gasteiger partial charge >= 0.3 is 0 Å². The van der Waals surface area contributed by atoms with Crippen LogP contribution in [0.25, 0.3) is 0 Å². The lowest BCUT2D eigenvalue weighted by atomic mass is 9.92. The molecule has 0 saturated carbocycles. The number of nitrogens with one attached hydrogen (secondary N) is 2. The normalized spacial score (nSPS) is 18.7. The highest BCUT2D eigenvalue weighted by molar-refractivity contribution is 7.89. The second-order valence-electron chi connectivity index (χ2n) is 5.17. The van der Waals surface area contributed by atoms with Gasteiger partial charge in [-0.25, -0.2) is 13.1 Å². The van der Waals surface area contributed by atoms with Crippen molar-refractivity contribution in [2.75, 3.05) is 20.2 Å². The number of hydrogen-bond donors (Lipinski definition) is 2. The van der Waals surface area contributed by atoms with E-state index in [-0.39, 0.29) is 10.9 Å². The Morgan fingerprint density at radius 2 is 1.85 bits per heavy atom. The molecule has 2 N–H and O–H groups in total. The molecule has 0 spiro atoms. The Balaban J connectivity index is 2.05. The number of sulfonamides is 1. The maximum absolute atomic E-state index is 12.3. The molecule has 0 aliphatic carbocycles. The van der Waals surface area contributed by atoms with E-state index in [1.54, 1.807) is 31.4 Å². The minimum Gasteiger partial charge on any atom is -0.497 e. The van der Waals surface area contributed by atoms with Gasteiger partial charge < -0.3 is 10.1 Å². The highest BCUT2D eigenvalue weighted by Crippen LogP contribution is 2.20. The highest BCUT2D eigenvalue weighted by Gasteiger charge is 2.24. The Morgan fingerprint density at radius 1 is 1.25 bits per heavy atom. The maximum Gasteiger partial charge on any atom is 0.240 e. The molecule has 1 saturated heterocycles. The maximum atomic E-state index is 12.3. The molecule has 1 aromatic rings. The Labute approximate surface area is 120 Å². The molecule has 1 aromatic carbocycles. The van der Waals surface area contributed by atoms with Gasteiger partial charge in [0.2, 0.25) is 10.0 Å². The molecule has 0 aromatic heterocycles. The van der Waals surface area contributed by atoms with Crippen molar-refractivity contribution >= 4 is 10.0 Å². The zero-order valence-electron chi connectivity index (χ0n) is 11.9. The molecule has 6 heteroatoms. The number of ether oxygens (including phenoxy) is 1. The number of piperidine rings is 1. The summed E-state index contributed by atoms with van der Waals surface area (Å²) < 4.78 is 32.5. The van der Waals surface area contributed by atoms with Crippen LogP contribution >= 0.6 is 0 Å². The van der Waals surface area contributed by atoms with Crippen molar-refractivity contribution in [3.63, 3.8) is 0 Å². The summed E-state index contributed by atoms with van der Waals surface area (Å²) in [5, 5.41) is 3.29. The van der Waals surface area contributed by atoms with Gasteiger partial charge in [0.25, 0.3) is 0 Å². The van der Waals surface area contributed by atoms with Crippen molar-refractivity contribution in [3.8, 4) is 5.75 Å². The average molecular weight is 298 g/mol. The van der Waals surface area contributed by atoms with Gasteiger partial charge in [0.05, 0.1) is 12.0 Å². The molecule has 0 amide bonds. The predicted octanol–water partition coefficient (Wildman–Crippen LogP) is 1.36. The summed E-state index contributed by atoms with van der Waals surface area (Å²) in [5.41, 5.74) is 0. The van der Waals surface area contributed by atoms with Crippen LogP contribution in [0.15, 0.2) is 29.2 Å². The lowest BCUT2D eigenvalue weighted by molar-refractivity contribution is 0.316. The molecule has 2 rings (SSSR count). The Kier molecular flexibility index (Phi) is 5.01. The third-order valence-electron chi connectivity index (χ3n) is 3.80. The van der Waals surface area contributed by atoms with Gasteiger partial charge in [-0.2, -0.15) is 0 Å². The van der Waals surface area contributed by atoms with Crippen LogP contribution in [0.3, 0.4) is 0 Å². The first-order chi connectivity index (χ1) is 9.53. The van der Waals surface area contributed by atoms with E-state index in [1.807, 2.05) is 6.92 Å². The number of rotatable bonds is 5. The van der Waals surface area contributed by atoms with Gasteiger partial charge in [0, 0.05) is 6.04 Å². The number of methoxy groups -OCH3 is 1. The van der Waals surface area contributed by atoms with Gasteiger partial charge in [-0.1, -0.05) is 0 Å². The molecule has 1 aliphatic rings. The minimum absolute atomic E-state index is 0.0517. The lowest BCUT2D eigenvalue weighted by Gasteiger charge is -2.28. The van der Waals surface area contributed by atoms with Crippen molar-refractivity contribution in [1.29, 1.82) is 0 Å². The number of hydrogen-bond acceptors (Lipinski definition) is 4. The van der Waals surface area contributed by atoms with Gasteiger partial charge in [0.15, 0.2) is 0 Å². The van der Waals surface area contributed by atoms with E-state index in [0.717, 1.165) is 25.9 Å². The summed E-state index contributed by atoms with van der Waals surface area (Å²) in [5.74, 6) is 1.04. The van der Waals surface area contributed by atoms with Crippen molar-refractivity contribution in [2.45, 2.75) is 30.7 Å². The van der Waals surface area contributed by atoms with Crippen molar-refractivity contribution in [3.05, 3.63) is 24.3 Å². The molecule has 1 unspecified atom stereocenters. The molecule has 0 bridgehead atoms. The van der Waals surface area contributed by atoms with E-state index < -0.39 is 10.0 Å². The minimum atomic E-state index is -3.46. The van der Waals surface area contributed by atoms with E-state index in [0.29, 0.717) is 11.7 Å². The molecule has 0 radical (unpaired) electrons. The quantitative estimate of drug-likeness (QED) is 0.861. The Morgan fingerprint density at radius 3 is 2.40 bits per heavy atom. The molecule has 1 aliphatic heterocycles. The fourth-order valence-electron chi connectivity index (χ4n) is 2.51. The fourth-order valence-corrected chi connectivity index (χ4v) is 3.82. The van der Waals surface area contributed by atoms with E-state index >= 15 is 0 Å². The topological polar surface area (TPSA) is 67.4 Å². The van der Waals surface area contributed by atoms with Crippen molar-refractivity contribution < 1.29 is 13.2 Å². The van der Waals surface area contributed by atoms with Crippen LogP contribution in [-0.2, 0) is 10.0 Å². The Hall–Kier alpha value is -1.11. The summed E-state index contributed by atoms with van der Waals surface area (Å²) in [7, 11) is -1.90. The first-order valence-corrected chi connectivity index (χ1v) is 8.38. The first-order valence-electron chi connectivity index (χ1n) is 6.90. The molecule has 1 atom stereocenters. The summed E-state index contributed by atoms with van der Waals surface area (Å²) in [6, 6.07) is 6.39. The Bertz CT molecular complexity index is 522. The zero-order chi connectivity index (χ0) is 14.6. The summed E-state index contributed by atoms with van der Waals surface area (Å²) in [4.78, 5) is 0.277. The SMILES string of the molecule is COc1ccc(S(=O)(=O)NC(C)C2CCNCC2)cc1. The average Bonchev–Trinajstić information content (AvgIpc) is 2.48. The lowest BCUT2D eigenvalue weighted by Crippen LogP contribution is -2.42. The van der Waals surface area contributed by atoms with Crippen LogP contribution in [0.4, 0.5) is 0 Å². The third kappa shape index (κ3) is 3.71. The highest BCUT2D eigenvalue weighted by atomic mass is 32.2. The smallest absolute Gasteiger partial charge is 0.240 e. The van der Waals surface area contributed by atoms with E-state index in [1.165, 1.54) is 0 Å². The van der Waals surface area contributed by atoms with Crippen LogP contribution in [-0.4, -0.2) is 34.7 Å². The van der Waals surface area contributed by atoms with Crippen molar-refractivity contribution in [2.24, 2.45) is 5.92 Å². The molecule has 1 heterocycles. The van der Waals surface area contributed by atoms with E-state index in [4.69, 9.17) is 4.74 Å². The molecular formula is C14H22N2O3S. The zero-order valence-corrected chi connectivity index (χ0v) is 12.7. The molecule has 1 fully saturated rings. The van der Waals surface area contributed by atoms with E-state index in [2.05, 4.69) is 10.0 Å². The summed E-state index contributed by atoms with van der Waals surface area (Å²) >= 11 is 0. The third-order valence-corrected chi connectivity index (χ3v) is 5.38. The second-order valence-corrected chi connectivity index (χ2v) is 6.89. The van der Waals surface area contributed by atoms with Crippen LogP contribution in [0.2, 0.25) is 0 Å². The van der Waals surface area contributed by atoms with Gasteiger partial charge in [-0.3, -0.25) is 0 Å². The molecular weight excluding hydrogens is 276 g/mol. The second kappa shape index (κ2) is 6.56. The van der Waals surface area contributed by atoms with E-state index in [9.17, 15) is 8.42 Å². The first kappa shape index (κ1) is 15.3. The molecule has 112 valence electrons. The van der Waals surface area contributed by atoms with Gasteiger partial charge in [-0.15, -0.1) is 0 Å². The van der Waals surface area contributed by atoms with Crippen LogP contribution in [0.1, 0.15) is 19.8 Å².